The monoisotopic (exact) mass is 216 g/mol. The average Bonchev–Trinajstić information content (AvgIpc) is 2.16. The lowest BCUT2D eigenvalue weighted by atomic mass is 10.2. The van der Waals surface area contributed by atoms with Crippen LogP contribution in [-0.2, 0) is 9.59 Å². The van der Waals surface area contributed by atoms with Crippen molar-refractivity contribution in [1.82, 2.24) is 10.6 Å². The maximum atomic E-state index is 11.5. The molecule has 0 radical (unpaired) electrons. The van der Waals surface area contributed by atoms with E-state index >= 15 is 0 Å². The summed E-state index contributed by atoms with van der Waals surface area (Å²) in [5, 5.41) is 14.1. The molecule has 0 heterocycles. The van der Waals surface area contributed by atoms with Crippen LogP contribution in [0.15, 0.2) is 0 Å². The first kappa shape index (κ1) is 13.9. The Balaban J connectivity index is 3.74. The minimum absolute atomic E-state index is 0.0287. The average molecular weight is 216 g/mol. The number of carbonyl (C=O) groups is 2. The summed E-state index contributed by atoms with van der Waals surface area (Å²) in [5.41, 5.74) is 0. The van der Waals surface area contributed by atoms with Crippen molar-refractivity contribution in [3.05, 3.63) is 0 Å². The van der Waals surface area contributed by atoms with E-state index in [0.29, 0.717) is 6.54 Å². The van der Waals surface area contributed by atoms with Gasteiger partial charge in [0.2, 0.25) is 5.91 Å². The second kappa shape index (κ2) is 7.23. The van der Waals surface area contributed by atoms with Gasteiger partial charge in [0, 0.05) is 12.6 Å². The Hall–Kier alpha value is -1.10. The van der Waals surface area contributed by atoms with E-state index in [-0.39, 0.29) is 24.4 Å². The summed E-state index contributed by atoms with van der Waals surface area (Å²) in [6.07, 6.45) is 0.911. The lowest BCUT2D eigenvalue weighted by Gasteiger charge is -2.16. The summed E-state index contributed by atoms with van der Waals surface area (Å²) < 4.78 is 0. The highest BCUT2D eigenvalue weighted by molar-refractivity contribution is 5.81. The van der Waals surface area contributed by atoms with E-state index < -0.39 is 5.97 Å². The molecule has 0 rings (SSSR count). The predicted octanol–water partition coefficient (Wildman–Crippen LogP) is 0.354. The van der Waals surface area contributed by atoms with Crippen LogP contribution in [-0.4, -0.2) is 35.6 Å². The second-order valence-corrected chi connectivity index (χ2v) is 3.64. The third-order valence-corrected chi connectivity index (χ3v) is 2.18. The van der Waals surface area contributed by atoms with Gasteiger partial charge in [-0.05, 0) is 20.3 Å². The Kier molecular flexibility index (Phi) is 6.70. The molecule has 1 amide bonds. The van der Waals surface area contributed by atoms with Gasteiger partial charge in [-0.3, -0.25) is 9.59 Å². The van der Waals surface area contributed by atoms with Crippen LogP contribution in [0.5, 0.6) is 0 Å². The Morgan fingerprint density at radius 1 is 1.33 bits per heavy atom. The zero-order valence-electron chi connectivity index (χ0n) is 9.54. The fourth-order valence-electron chi connectivity index (χ4n) is 0.958. The molecule has 0 fully saturated rings. The van der Waals surface area contributed by atoms with E-state index in [1.54, 1.807) is 6.92 Å². The molecule has 0 aliphatic heterocycles. The molecule has 0 saturated heterocycles. The van der Waals surface area contributed by atoms with E-state index in [2.05, 4.69) is 10.6 Å². The molecule has 15 heavy (non-hydrogen) atoms. The summed E-state index contributed by atoms with van der Waals surface area (Å²) >= 11 is 0. The van der Waals surface area contributed by atoms with Gasteiger partial charge in [0.1, 0.15) is 0 Å². The Bertz CT molecular complexity index is 219. The van der Waals surface area contributed by atoms with Crippen molar-refractivity contribution in [3.63, 3.8) is 0 Å². The summed E-state index contributed by atoms with van der Waals surface area (Å²) in [5.74, 6) is -0.952. The first-order valence-corrected chi connectivity index (χ1v) is 5.23. The molecule has 88 valence electrons. The van der Waals surface area contributed by atoms with Crippen molar-refractivity contribution in [2.75, 3.05) is 6.54 Å². The first-order valence-electron chi connectivity index (χ1n) is 5.23. The summed E-state index contributed by atoms with van der Waals surface area (Å²) in [4.78, 5) is 21.7. The number of carboxylic acids is 1. The van der Waals surface area contributed by atoms with Gasteiger partial charge in [0.25, 0.3) is 0 Å². The largest absolute Gasteiger partial charge is 0.481 e. The van der Waals surface area contributed by atoms with Crippen LogP contribution in [0.2, 0.25) is 0 Å². The smallest absolute Gasteiger partial charge is 0.304 e. The van der Waals surface area contributed by atoms with Gasteiger partial charge >= 0.3 is 5.97 Å². The quantitative estimate of drug-likeness (QED) is 0.574. The van der Waals surface area contributed by atoms with Gasteiger partial charge in [-0.15, -0.1) is 0 Å². The van der Waals surface area contributed by atoms with E-state index in [1.807, 2.05) is 13.8 Å². The lowest BCUT2D eigenvalue weighted by molar-refractivity contribution is -0.137. The molecule has 2 atom stereocenters. The molecule has 0 saturated carbocycles. The fourth-order valence-corrected chi connectivity index (χ4v) is 0.958. The molecule has 2 unspecified atom stereocenters. The molecule has 0 aromatic carbocycles. The zero-order valence-corrected chi connectivity index (χ0v) is 9.54. The second-order valence-electron chi connectivity index (χ2n) is 3.64. The normalized spacial score (nSPS) is 14.3. The van der Waals surface area contributed by atoms with Crippen LogP contribution >= 0.6 is 0 Å². The summed E-state index contributed by atoms with van der Waals surface area (Å²) in [6.45, 7) is 5.96. The van der Waals surface area contributed by atoms with Gasteiger partial charge in [-0.25, -0.2) is 0 Å². The number of rotatable bonds is 7. The highest BCUT2D eigenvalue weighted by Gasteiger charge is 2.13. The van der Waals surface area contributed by atoms with E-state index in [1.165, 1.54) is 0 Å². The third-order valence-electron chi connectivity index (χ3n) is 2.18. The standard InChI is InChI=1S/C10H20N2O3/c1-4-7(2)12-10(15)8(3)11-6-5-9(13)14/h7-8,11H,4-6H2,1-3H3,(H,12,15)(H,13,14). The van der Waals surface area contributed by atoms with E-state index in [0.717, 1.165) is 6.42 Å². The Morgan fingerprint density at radius 3 is 2.40 bits per heavy atom. The van der Waals surface area contributed by atoms with Crippen molar-refractivity contribution in [3.8, 4) is 0 Å². The van der Waals surface area contributed by atoms with Gasteiger partial charge < -0.3 is 15.7 Å². The Labute approximate surface area is 90.2 Å². The molecule has 0 spiro atoms. The van der Waals surface area contributed by atoms with Gasteiger partial charge in [0.15, 0.2) is 0 Å². The molecule has 3 N–H and O–H groups in total. The summed E-state index contributed by atoms with van der Waals surface area (Å²) in [7, 11) is 0. The topological polar surface area (TPSA) is 78.4 Å². The first-order chi connectivity index (χ1) is 6.97. The van der Waals surface area contributed by atoms with Gasteiger partial charge in [-0.1, -0.05) is 6.92 Å². The van der Waals surface area contributed by atoms with Crippen molar-refractivity contribution in [2.24, 2.45) is 0 Å². The number of nitrogens with one attached hydrogen (secondary N) is 2. The van der Waals surface area contributed by atoms with E-state index in [9.17, 15) is 9.59 Å². The molecular formula is C10H20N2O3. The molecule has 0 aromatic rings. The van der Waals surface area contributed by atoms with Crippen LogP contribution in [0, 0.1) is 0 Å². The van der Waals surface area contributed by atoms with Crippen LogP contribution in [0.25, 0.3) is 0 Å². The maximum Gasteiger partial charge on any atom is 0.304 e. The van der Waals surface area contributed by atoms with Crippen molar-refractivity contribution < 1.29 is 14.7 Å². The highest BCUT2D eigenvalue weighted by Crippen LogP contribution is 1.90. The predicted molar refractivity (Wildman–Crippen MR) is 57.6 cm³/mol. The molecule has 0 aromatic heterocycles. The van der Waals surface area contributed by atoms with Gasteiger partial charge in [0.05, 0.1) is 12.5 Å². The van der Waals surface area contributed by atoms with Gasteiger partial charge in [-0.2, -0.15) is 0 Å². The van der Waals surface area contributed by atoms with E-state index in [4.69, 9.17) is 5.11 Å². The fraction of sp³-hybridized carbons (Fsp3) is 0.800. The van der Waals surface area contributed by atoms with Crippen LogP contribution < -0.4 is 10.6 Å². The molecule has 0 aliphatic rings. The Morgan fingerprint density at radius 2 is 1.93 bits per heavy atom. The van der Waals surface area contributed by atoms with Crippen LogP contribution in [0.1, 0.15) is 33.6 Å². The number of carbonyl (C=O) groups excluding carboxylic acids is 1. The van der Waals surface area contributed by atoms with Crippen molar-refractivity contribution >= 4 is 11.9 Å². The lowest BCUT2D eigenvalue weighted by Crippen LogP contribution is -2.45. The number of carboxylic acid groups (broad SMARTS) is 1. The number of hydrogen-bond acceptors (Lipinski definition) is 3. The molecule has 0 bridgehead atoms. The van der Waals surface area contributed by atoms with Crippen LogP contribution in [0.4, 0.5) is 0 Å². The zero-order chi connectivity index (χ0) is 11.8. The maximum absolute atomic E-state index is 11.5. The molecule has 5 heteroatoms. The molecular weight excluding hydrogens is 196 g/mol. The number of hydrogen-bond donors (Lipinski definition) is 3. The van der Waals surface area contributed by atoms with Crippen molar-refractivity contribution in [1.29, 1.82) is 0 Å². The molecule has 0 aliphatic carbocycles. The SMILES string of the molecule is CCC(C)NC(=O)C(C)NCCC(=O)O. The number of amides is 1. The third kappa shape index (κ3) is 6.90. The highest BCUT2D eigenvalue weighted by atomic mass is 16.4. The minimum atomic E-state index is -0.864. The van der Waals surface area contributed by atoms with Crippen LogP contribution in [0.3, 0.4) is 0 Å². The summed E-state index contributed by atoms with van der Waals surface area (Å²) in [6, 6.07) is -0.195. The molecule has 5 nitrogen and oxygen atoms in total. The number of aliphatic carboxylic acids is 1. The minimum Gasteiger partial charge on any atom is -0.481 e. The van der Waals surface area contributed by atoms with Crippen molar-refractivity contribution in [2.45, 2.75) is 45.7 Å².